The number of thiophene rings is 1. The van der Waals surface area contributed by atoms with Gasteiger partial charge in [0, 0.05) is 12.6 Å². The van der Waals surface area contributed by atoms with Gasteiger partial charge in [-0.2, -0.15) is 9.37 Å². The second-order valence-corrected chi connectivity index (χ2v) is 8.98. The van der Waals surface area contributed by atoms with Crippen LogP contribution in [0.5, 0.6) is 11.5 Å². The van der Waals surface area contributed by atoms with Gasteiger partial charge in [0.2, 0.25) is 5.95 Å². The molecule has 142 valence electrons. The van der Waals surface area contributed by atoms with Crippen molar-refractivity contribution in [2.24, 2.45) is 0 Å². The molecule has 1 aliphatic rings. The van der Waals surface area contributed by atoms with Crippen LogP contribution in [0.2, 0.25) is 0 Å². The molecule has 2 atom stereocenters. The van der Waals surface area contributed by atoms with Crippen LogP contribution in [0.15, 0.2) is 29.6 Å². The van der Waals surface area contributed by atoms with E-state index in [4.69, 9.17) is 14.5 Å². The molecule has 0 bridgehead atoms. The van der Waals surface area contributed by atoms with E-state index in [2.05, 4.69) is 47.0 Å². The summed E-state index contributed by atoms with van der Waals surface area (Å²) in [5.74, 6) is 0.0128. The molecule has 0 radical (unpaired) electrons. The first kappa shape index (κ1) is 18.9. The lowest BCUT2D eigenvalue weighted by molar-refractivity contribution is -0.104. The summed E-state index contributed by atoms with van der Waals surface area (Å²) in [5.41, 5.74) is 1.84. The van der Waals surface area contributed by atoms with E-state index < -0.39 is 5.78 Å². The molecule has 0 spiro atoms. The zero-order valence-electron chi connectivity index (χ0n) is 14.6. The van der Waals surface area contributed by atoms with Crippen LogP contribution in [-0.2, 0) is 6.54 Å². The van der Waals surface area contributed by atoms with Crippen molar-refractivity contribution < 1.29 is 13.9 Å². The van der Waals surface area contributed by atoms with Gasteiger partial charge in [-0.1, -0.05) is 6.07 Å². The molecule has 3 heterocycles. The van der Waals surface area contributed by atoms with E-state index in [-0.39, 0.29) is 6.04 Å². The number of hydrogen-bond donors (Lipinski definition) is 1. The normalized spacial score (nSPS) is 18.3. The monoisotopic (exact) mass is 518 g/mol. The van der Waals surface area contributed by atoms with Gasteiger partial charge >= 0.3 is 5.78 Å². The molecule has 0 fully saturated rings. The quantitative estimate of drug-likeness (QED) is 0.289. The first-order valence-electron chi connectivity index (χ1n) is 8.25. The Morgan fingerprint density at radius 1 is 1.30 bits per heavy atom. The van der Waals surface area contributed by atoms with Crippen molar-refractivity contribution in [2.45, 2.75) is 32.2 Å². The van der Waals surface area contributed by atoms with Crippen molar-refractivity contribution in [3.8, 4) is 11.5 Å². The van der Waals surface area contributed by atoms with E-state index in [1.807, 2.05) is 29.9 Å². The highest BCUT2D eigenvalue weighted by molar-refractivity contribution is 14.1. The van der Waals surface area contributed by atoms with E-state index in [0.29, 0.717) is 24.0 Å². The van der Waals surface area contributed by atoms with E-state index in [1.54, 1.807) is 23.5 Å². The molecular formula is C17H17FIN4O2PS. The molecule has 3 aromatic rings. The highest BCUT2D eigenvalue weighted by Gasteiger charge is 2.36. The minimum Gasteiger partial charge on any atom is -0.420 e. The van der Waals surface area contributed by atoms with Crippen LogP contribution in [-0.4, -0.2) is 21.8 Å². The average molecular weight is 518 g/mol. The van der Waals surface area contributed by atoms with Crippen molar-refractivity contribution in [3.05, 3.63) is 35.2 Å². The minimum atomic E-state index is -2.19. The number of fused-ring (bicyclic) bond motifs is 2. The maximum absolute atomic E-state index is 13.8. The summed E-state index contributed by atoms with van der Waals surface area (Å²) < 4.78 is 27.0. The summed E-state index contributed by atoms with van der Waals surface area (Å²) in [6, 6.07) is 7.60. The molecule has 2 aromatic heterocycles. The van der Waals surface area contributed by atoms with Crippen LogP contribution in [0.25, 0.3) is 10.2 Å². The number of benzene rings is 1. The lowest BCUT2D eigenvalue weighted by Crippen LogP contribution is -2.23. The minimum absolute atomic E-state index is 0.274. The van der Waals surface area contributed by atoms with E-state index in [1.165, 1.54) is 0 Å². The third-order valence-electron chi connectivity index (χ3n) is 3.90. The molecule has 6 nitrogen and oxygen atoms in total. The van der Waals surface area contributed by atoms with Gasteiger partial charge in [0.25, 0.3) is 0 Å². The van der Waals surface area contributed by atoms with Crippen LogP contribution in [0, 0.1) is 0 Å². The lowest BCUT2D eigenvalue weighted by atomic mass is 10.2. The number of aromatic nitrogens is 2. The SMILES string of the molecule is CC(C)N(I)c1nc(NCc2ccc3c(c2)OC(F)(P)O3)c2sccc2n1. The Bertz CT molecular complexity index is 1000. The number of hydrogen-bond acceptors (Lipinski definition) is 7. The fraction of sp³-hybridized carbons (Fsp3) is 0.294. The highest BCUT2D eigenvalue weighted by Crippen LogP contribution is 2.43. The topological polar surface area (TPSA) is 59.5 Å². The number of anilines is 2. The number of ether oxygens (including phenoxy) is 2. The van der Waals surface area contributed by atoms with Crippen LogP contribution in [0.4, 0.5) is 16.2 Å². The van der Waals surface area contributed by atoms with Crippen LogP contribution in [0.3, 0.4) is 0 Å². The maximum Gasteiger partial charge on any atom is 0.418 e. The number of rotatable bonds is 5. The Hall–Kier alpha value is -1.45. The smallest absolute Gasteiger partial charge is 0.418 e. The van der Waals surface area contributed by atoms with Gasteiger partial charge < -0.3 is 14.8 Å². The molecule has 1 aliphatic heterocycles. The average Bonchev–Trinajstić information content (AvgIpc) is 3.20. The van der Waals surface area contributed by atoms with Gasteiger partial charge in [0.05, 0.1) is 33.1 Å². The Balaban J connectivity index is 1.58. The zero-order chi connectivity index (χ0) is 19.2. The zero-order valence-corrected chi connectivity index (χ0v) is 18.7. The number of halogens is 2. The molecule has 0 aliphatic carbocycles. The Morgan fingerprint density at radius 2 is 2.07 bits per heavy atom. The fourth-order valence-electron chi connectivity index (χ4n) is 2.63. The third kappa shape index (κ3) is 3.90. The summed E-state index contributed by atoms with van der Waals surface area (Å²) in [6.45, 7) is 4.69. The van der Waals surface area contributed by atoms with Gasteiger partial charge in [0.1, 0.15) is 5.82 Å². The summed E-state index contributed by atoms with van der Waals surface area (Å²) >= 11 is 3.82. The lowest BCUT2D eigenvalue weighted by Gasteiger charge is -2.19. The van der Waals surface area contributed by atoms with Gasteiger partial charge in [-0.05, 0) is 52.2 Å². The molecule has 0 saturated carbocycles. The standard InChI is InChI=1S/C17H17FIN4O2PS/c1-9(2)23(19)16-21-11-5-6-27-14(11)15(22-16)20-8-10-3-4-12-13(7-10)25-17(18,26)24-12/h3-7,9H,8,26H2,1-2H3,(H,20,21,22). The largest absolute Gasteiger partial charge is 0.420 e. The maximum atomic E-state index is 13.8. The van der Waals surface area contributed by atoms with E-state index >= 15 is 0 Å². The second-order valence-electron chi connectivity index (χ2n) is 6.33. The van der Waals surface area contributed by atoms with Crippen molar-refractivity contribution in [1.29, 1.82) is 0 Å². The predicted octanol–water partition coefficient (Wildman–Crippen LogP) is 5.10. The Morgan fingerprint density at radius 3 is 2.85 bits per heavy atom. The van der Waals surface area contributed by atoms with Crippen molar-refractivity contribution in [1.82, 2.24) is 9.97 Å². The van der Waals surface area contributed by atoms with Gasteiger partial charge in [0.15, 0.2) is 11.5 Å². The van der Waals surface area contributed by atoms with Gasteiger partial charge in [-0.3, -0.25) is 3.11 Å². The molecule has 1 N–H and O–H groups in total. The fourth-order valence-corrected chi connectivity index (χ4v) is 3.90. The van der Waals surface area contributed by atoms with E-state index in [9.17, 15) is 4.39 Å². The van der Waals surface area contributed by atoms with Crippen LogP contribution < -0.4 is 17.9 Å². The Labute approximate surface area is 176 Å². The van der Waals surface area contributed by atoms with E-state index in [0.717, 1.165) is 21.6 Å². The highest BCUT2D eigenvalue weighted by atomic mass is 127. The summed E-state index contributed by atoms with van der Waals surface area (Å²) in [6.07, 6.45) is 0. The molecule has 0 saturated heterocycles. The molecule has 0 amide bonds. The Kier molecular flexibility index (Phi) is 5.02. The van der Waals surface area contributed by atoms with Gasteiger partial charge in [-0.15, -0.1) is 11.3 Å². The van der Waals surface area contributed by atoms with Crippen molar-refractivity contribution in [2.75, 3.05) is 8.43 Å². The first-order valence-corrected chi connectivity index (χ1v) is 10.7. The van der Waals surface area contributed by atoms with Crippen molar-refractivity contribution >= 4 is 65.4 Å². The molecule has 10 heteroatoms. The third-order valence-corrected chi connectivity index (χ3v) is 6.59. The summed E-state index contributed by atoms with van der Waals surface area (Å²) in [4.78, 5) is 9.32. The molecular weight excluding hydrogens is 501 g/mol. The van der Waals surface area contributed by atoms with Crippen LogP contribution in [0.1, 0.15) is 19.4 Å². The van der Waals surface area contributed by atoms with Gasteiger partial charge in [-0.25, -0.2) is 4.98 Å². The first-order chi connectivity index (χ1) is 12.8. The second kappa shape index (κ2) is 7.18. The molecule has 4 rings (SSSR count). The molecule has 2 unspecified atom stereocenters. The predicted molar refractivity (Wildman–Crippen MR) is 118 cm³/mol. The summed E-state index contributed by atoms with van der Waals surface area (Å²) in [5, 5.41) is 5.37. The van der Waals surface area contributed by atoms with Crippen molar-refractivity contribution in [3.63, 3.8) is 0 Å². The molecule has 1 aromatic carbocycles. The number of nitrogens with one attached hydrogen (secondary N) is 1. The molecule has 27 heavy (non-hydrogen) atoms. The number of nitrogens with zero attached hydrogens (tertiary/aromatic N) is 3. The van der Waals surface area contributed by atoms with Crippen LogP contribution >= 0.6 is 43.4 Å². The summed E-state index contributed by atoms with van der Waals surface area (Å²) in [7, 11) is 1.90. The number of alkyl halides is 1.